The fourth-order valence-electron chi connectivity index (χ4n) is 2.27. The minimum Gasteiger partial charge on any atom is -0.494 e. The third kappa shape index (κ3) is 4.48. The highest BCUT2D eigenvalue weighted by molar-refractivity contribution is 6.30. The van der Waals surface area contributed by atoms with Crippen molar-refractivity contribution in [1.29, 1.82) is 0 Å². The minimum absolute atomic E-state index is 0.683. The van der Waals surface area contributed by atoms with Gasteiger partial charge in [0.05, 0.1) is 6.61 Å². The van der Waals surface area contributed by atoms with E-state index in [0.717, 1.165) is 35.8 Å². The number of rotatable bonds is 7. The first kappa shape index (κ1) is 15.9. The quantitative estimate of drug-likeness (QED) is 0.734. The molecule has 0 saturated heterocycles. The van der Waals surface area contributed by atoms with Crippen LogP contribution in [0.15, 0.2) is 42.5 Å². The van der Waals surface area contributed by atoms with Crippen LogP contribution in [0.4, 0.5) is 0 Å². The second kappa shape index (κ2) is 8.06. The first-order chi connectivity index (χ1) is 10.2. The van der Waals surface area contributed by atoms with Crippen LogP contribution in [0.3, 0.4) is 0 Å². The molecule has 0 spiro atoms. The summed E-state index contributed by atoms with van der Waals surface area (Å²) in [5.74, 6) is 0.897. The highest BCUT2D eigenvalue weighted by atomic mass is 35.5. The standard InChI is InChI=1S/C18H22ClNO/c1-3-11-20-13-15-5-8-16(19)12-18(15)14-6-9-17(10-7-14)21-4-2/h5-10,12,20H,3-4,11,13H2,1-2H3. The highest BCUT2D eigenvalue weighted by Crippen LogP contribution is 2.28. The molecule has 2 rings (SSSR count). The van der Waals surface area contributed by atoms with Crippen LogP contribution in [-0.4, -0.2) is 13.2 Å². The van der Waals surface area contributed by atoms with E-state index in [1.165, 1.54) is 11.1 Å². The number of halogens is 1. The molecule has 2 aromatic carbocycles. The van der Waals surface area contributed by atoms with Crippen molar-refractivity contribution < 1.29 is 4.74 Å². The summed E-state index contributed by atoms with van der Waals surface area (Å²) in [4.78, 5) is 0. The number of benzene rings is 2. The van der Waals surface area contributed by atoms with E-state index in [0.29, 0.717) is 6.61 Å². The average Bonchev–Trinajstić information content (AvgIpc) is 2.50. The van der Waals surface area contributed by atoms with Crippen molar-refractivity contribution in [3.63, 3.8) is 0 Å². The lowest BCUT2D eigenvalue weighted by Crippen LogP contribution is -2.14. The highest BCUT2D eigenvalue weighted by Gasteiger charge is 2.06. The maximum Gasteiger partial charge on any atom is 0.119 e. The summed E-state index contributed by atoms with van der Waals surface area (Å²) in [6, 6.07) is 14.2. The Morgan fingerprint density at radius 2 is 1.81 bits per heavy atom. The van der Waals surface area contributed by atoms with E-state index < -0.39 is 0 Å². The van der Waals surface area contributed by atoms with Gasteiger partial charge in [-0.1, -0.05) is 36.7 Å². The molecule has 0 bridgehead atoms. The predicted molar refractivity (Wildman–Crippen MR) is 90.1 cm³/mol. The lowest BCUT2D eigenvalue weighted by atomic mass is 9.99. The van der Waals surface area contributed by atoms with Gasteiger partial charge in [0.25, 0.3) is 0 Å². The molecular weight excluding hydrogens is 282 g/mol. The fourth-order valence-corrected chi connectivity index (χ4v) is 2.44. The van der Waals surface area contributed by atoms with Crippen LogP contribution >= 0.6 is 11.6 Å². The summed E-state index contributed by atoms with van der Waals surface area (Å²) in [5, 5.41) is 4.21. The zero-order valence-electron chi connectivity index (χ0n) is 12.7. The molecule has 0 aliphatic heterocycles. The van der Waals surface area contributed by atoms with Crippen LogP contribution < -0.4 is 10.1 Å². The van der Waals surface area contributed by atoms with E-state index in [1.54, 1.807) is 0 Å². The molecule has 112 valence electrons. The van der Waals surface area contributed by atoms with Crippen molar-refractivity contribution in [1.82, 2.24) is 5.32 Å². The van der Waals surface area contributed by atoms with Gasteiger partial charge >= 0.3 is 0 Å². The van der Waals surface area contributed by atoms with Gasteiger partial charge in [-0.3, -0.25) is 0 Å². The molecule has 0 aliphatic rings. The van der Waals surface area contributed by atoms with E-state index in [9.17, 15) is 0 Å². The molecule has 0 radical (unpaired) electrons. The molecule has 0 fully saturated rings. The summed E-state index contributed by atoms with van der Waals surface area (Å²) in [7, 11) is 0. The largest absolute Gasteiger partial charge is 0.494 e. The zero-order valence-corrected chi connectivity index (χ0v) is 13.4. The van der Waals surface area contributed by atoms with Gasteiger partial charge in [0.1, 0.15) is 5.75 Å². The Balaban J connectivity index is 2.25. The summed E-state index contributed by atoms with van der Waals surface area (Å²) in [6.07, 6.45) is 1.13. The maximum atomic E-state index is 6.16. The van der Waals surface area contributed by atoms with E-state index in [2.05, 4.69) is 30.4 Å². The maximum absolute atomic E-state index is 6.16. The van der Waals surface area contributed by atoms with Crippen LogP contribution in [0.2, 0.25) is 5.02 Å². The Labute approximate surface area is 132 Å². The minimum atomic E-state index is 0.683. The van der Waals surface area contributed by atoms with Gasteiger partial charge in [-0.2, -0.15) is 0 Å². The van der Waals surface area contributed by atoms with Crippen molar-refractivity contribution in [2.45, 2.75) is 26.8 Å². The lowest BCUT2D eigenvalue weighted by Gasteiger charge is -2.12. The topological polar surface area (TPSA) is 21.3 Å². The van der Waals surface area contributed by atoms with Gasteiger partial charge in [-0.05, 0) is 60.8 Å². The molecule has 0 aliphatic carbocycles. The van der Waals surface area contributed by atoms with Gasteiger partial charge in [0, 0.05) is 11.6 Å². The van der Waals surface area contributed by atoms with Crippen molar-refractivity contribution >= 4 is 11.6 Å². The van der Waals surface area contributed by atoms with Gasteiger partial charge in [0.2, 0.25) is 0 Å². The average molecular weight is 304 g/mol. The number of hydrogen-bond acceptors (Lipinski definition) is 2. The second-order valence-electron chi connectivity index (χ2n) is 4.94. The monoisotopic (exact) mass is 303 g/mol. The van der Waals surface area contributed by atoms with E-state index in [-0.39, 0.29) is 0 Å². The van der Waals surface area contributed by atoms with Crippen LogP contribution in [-0.2, 0) is 6.54 Å². The van der Waals surface area contributed by atoms with Gasteiger partial charge in [0.15, 0.2) is 0 Å². The molecule has 2 aromatic rings. The zero-order chi connectivity index (χ0) is 15.1. The molecule has 2 nitrogen and oxygen atoms in total. The van der Waals surface area contributed by atoms with Gasteiger partial charge in [-0.25, -0.2) is 0 Å². The van der Waals surface area contributed by atoms with Crippen molar-refractivity contribution in [2.75, 3.05) is 13.2 Å². The molecule has 3 heteroatoms. The molecular formula is C18H22ClNO. The molecule has 0 saturated carbocycles. The Hall–Kier alpha value is -1.51. The Kier molecular flexibility index (Phi) is 6.09. The number of ether oxygens (including phenoxy) is 1. The second-order valence-corrected chi connectivity index (χ2v) is 5.37. The molecule has 0 heterocycles. The Morgan fingerprint density at radius 1 is 1.05 bits per heavy atom. The molecule has 0 unspecified atom stereocenters. The van der Waals surface area contributed by atoms with Crippen molar-refractivity contribution in [2.24, 2.45) is 0 Å². The first-order valence-electron chi connectivity index (χ1n) is 7.47. The van der Waals surface area contributed by atoms with Crippen LogP contribution in [0.5, 0.6) is 5.75 Å². The van der Waals surface area contributed by atoms with E-state index in [1.807, 2.05) is 31.2 Å². The van der Waals surface area contributed by atoms with E-state index in [4.69, 9.17) is 16.3 Å². The van der Waals surface area contributed by atoms with E-state index >= 15 is 0 Å². The molecule has 0 atom stereocenters. The van der Waals surface area contributed by atoms with Crippen molar-refractivity contribution in [3.8, 4) is 16.9 Å². The molecule has 1 N–H and O–H groups in total. The number of hydrogen-bond donors (Lipinski definition) is 1. The first-order valence-corrected chi connectivity index (χ1v) is 7.84. The summed E-state index contributed by atoms with van der Waals surface area (Å²) >= 11 is 6.16. The molecule has 0 aromatic heterocycles. The van der Waals surface area contributed by atoms with Crippen LogP contribution in [0.1, 0.15) is 25.8 Å². The molecule has 21 heavy (non-hydrogen) atoms. The Morgan fingerprint density at radius 3 is 2.48 bits per heavy atom. The summed E-state index contributed by atoms with van der Waals surface area (Å²) < 4.78 is 5.49. The predicted octanol–water partition coefficient (Wildman–Crippen LogP) is 4.91. The summed E-state index contributed by atoms with van der Waals surface area (Å²) in [6.45, 7) is 6.71. The van der Waals surface area contributed by atoms with Crippen molar-refractivity contribution in [3.05, 3.63) is 53.1 Å². The Bertz CT molecular complexity index is 566. The van der Waals surface area contributed by atoms with Crippen LogP contribution in [0, 0.1) is 0 Å². The lowest BCUT2D eigenvalue weighted by molar-refractivity contribution is 0.340. The SMILES string of the molecule is CCCNCc1ccc(Cl)cc1-c1ccc(OCC)cc1. The third-order valence-electron chi connectivity index (χ3n) is 3.29. The smallest absolute Gasteiger partial charge is 0.119 e. The molecule has 0 amide bonds. The van der Waals surface area contributed by atoms with Gasteiger partial charge < -0.3 is 10.1 Å². The van der Waals surface area contributed by atoms with Gasteiger partial charge in [-0.15, -0.1) is 0 Å². The number of nitrogens with one attached hydrogen (secondary N) is 1. The fraction of sp³-hybridized carbons (Fsp3) is 0.333. The normalized spacial score (nSPS) is 10.6. The van der Waals surface area contributed by atoms with Crippen LogP contribution in [0.25, 0.3) is 11.1 Å². The summed E-state index contributed by atoms with van der Waals surface area (Å²) in [5.41, 5.74) is 3.60. The third-order valence-corrected chi connectivity index (χ3v) is 3.53.